The Balaban J connectivity index is 1.43. The smallest absolute Gasteiger partial charge is 0.231 e. The number of hydrogen-bond acceptors (Lipinski definition) is 6. The average Bonchev–Trinajstić information content (AvgIpc) is 3.00. The van der Waals surface area contributed by atoms with E-state index in [-0.39, 0.29) is 11.8 Å². The number of nitrogens with zero attached hydrogens (tertiary/aromatic N) is 4. The molecule has 1 amide bonds. The summed E-state index contributed by atoms with van der Waals surface area (Å²) >= 11 is 0. The number of aryl methyl sites for hydroxylation is 3. The standard InChI is InChI=1S/C21H25N5O2/c1-13-14(2)28-21-18(13)19(24-15(3)25-21)26-9-6-17(7-10-26)20(27)23-12-16-5-4-8-22-11-16/h4-5,8,11,17H,6-7,9-10,12H2,1-3H3,(H,23,27). The second kappa shape index (κ2) is 7.58. The van der Waals surface area contributed by atoms with Gasteiger partial charge in [0.05, 0.1) is 5.39 Å². The maximum absolute atomic E-state index is 12.5. The molecule has 0 aromatic carbocycles. The molecular weight excluding hydrogens is 354 g/mol. The van der Waals surface area contributed by atoms with Crippen LogP contribution in [0.3, 0.4) is 0 Å². The first-order valence-corrected chi connectivity index (χ1v) is 9.69. The number of furan rings is 1. The normalized spacial score (nSPS) is 15.2. The van der Waals surface area contributed by atoms with Crippen molar-refractivity contribution in [2.24, 2.45) is 5.92 Å². The minimum Gasteiger partial charge on any atom is -0.443 e. The third-order valence-corrected chi connectivity index (χ3v) is 5.48. The number of amides is 1. The summed E-state index contributed by atoms with van der Waals surface area (Å²) in [5, 5.41) is 4.02. The van der Waals surface area contributed by atoms with E-state index in [2.05, 4.69) is 20.2 Å². The molecule has 1 aliphatic heterocycles. The second-order valence-electron chi connectivity index (χ2n) is 7.40. The van der Waals surface area contributed by atoms with Crippen LogP contribution in [0.1, 0.15) is 35.6 Å². The fourth-order valence-electron chi connectivity index (χ4n) is 3.75. The first kappa shape index (κ1) is 18.4. The summed E-state index contributed by atoms with van der Waals surface area (Å²) in [5.41, 5.74) is 2.74. The van der Waals surface area contributed by atoms with Crippen molar-refractivity contribution in [1.82, 2.24) is 20.3 Å². The Morgan fingerprint density at radius 2 is 2.04 bits per heavy atom. The van der Waals surface area contributed by atoms with E-state index >= 15 is 0 Å². The molecule has 28 heavy (non-hydrogen) atoms. The molecule has 4 rings (SSSR count). The molecule has 146 valence electrons. The van der Waals surface area contributed by atoms with Crippen molar-refractivity contribution < 1.29 is 9.21 Å². The third-order valence-electron chi connectivity index (χ3n) is 5.48. The monoisotopic (exact) mass is 379 g/mol. The molecule has 0 atom stereocenters. The summed E-state index contributed by atoms with van der Waals surface area (Å²) in [7, 11) is 0. The summed E-state index contributed by atoms with van der Waals surface area (Å²) in [6.07, 6.45) is 5.12. The quantitative estimate of drug-likeness (QED) is 0.750. The molecule has 3 aromatic heterocycles. The van der Waals surface area contributed by atoms with Crippen LogP contribution in [-0.4, -0.2) is 33.9 Å². The Kier molecular flexibility index (Phi) is 4.98. The molecule has 7 nitrogen and oxygen atoms in total. The number of carbonyl (C=O) groups excluding carboxylic acids is 1. The Morgan fingerprint density at radius 1 is 1.25 bits per heavy atom. The van der Waals surface area contributed by atoms with Crippen molar-refractivity contribution in [2.45, 2.75) is 40.2 Å². The fraction of sp³-hybridized carbons (Fsp3) is 0.429. The molecule has 3 aromatic rings. The predicted molar refractivity (Wildman–Crippen MR) is 107 cm³/mol. The maximum Gasteiger partial charge on any atom is 0.231 e. The van der Waals surface area contributed by atoms with Crippen molar-refractivity contribution >= 4 is 22.8 Å². The van der Waals surface area contributed by atoms with Gasteiger partial charge in [0.25, 0.3) is 0 Å². The number of fused-ring (bicyclic) bond motifs is 1. The average molecular weight is 379 g/mol. The number of pyridine rings is 1. The molecule has 1 fully saturated rings. The SMILES string of the molecule is Cc1nc(N2CCC(C(=O)NCc3cccnc3)CC2)c2c(C)c(C)oc2n1. The zero-order valence-corrected chi connectivity index (χ0v) is 16.5. The number of nitrogens with one attached hydrogen (secondary N) is 1. The summed E-state index contributed by atoms with van der Waals surface area (Å²) in [5.74, 6) is 2.64. The zero-order chi connectivity index (χ0) is 19.7. The second-order valence-corrected chi connectivity index (χ2v) is 7.40. The van der Waals surface area contributed by atoms with E-state index in [0.717, 1.165) is 54.0 Å². The van der Waals surface area contributed by atoms with Gasteiger partial charge in [-0.25, -0.2) is 4.98 Å². The van der Waals surface area contributed by atoms with Gasteiger partial charge in [-0.1, -0.05) is 6.07 Å². The molecule has 0 spiro atoms. The van der Waals surface area contributed by atoms with Gasteiger partial charge in [-0.3, -0.25) is 9.78 Å². The Labute approximate surface area is 164 Å². The van der Waals surface area contributed by atoms with E-state index in [9.17, 15) is 4.79 Å². The summed E-state index contributed by atoms with van der Waals surface area (Å²) in [6.45, 7) is 7.98. The minimum atomic E-state index is 0.0264. The van der Waals surface area contributed by atoms with Gasteiger partial charge in [0.15, 0.2) is 0 Å². The van der Waals surface area contributed by atoms with E-state index < -0.39 is 0 Å². The Bertz CT molecular complexity index is 991. The largest absolute Gasteiger partial charge is 0.443 e. The minimum absolute atomic E-state index is 0.0264. The highest BCUT2D eigenvalue weighted by molar-refractivity contribution is 5.90. The summed E-state index contributed by atoms with van der Waals surface area (Å²) in [4.78, 5) is 28.0. The van der Waals surface area contributed by atoms with Crippen molar-refractivity contribution in [1.29, 1.82) is 0 Å². The van der Waals surface area contributed by atoms with E-state index in [4.69, 9.17) is 9.40 Å². The van der Waals surface area contributed by atoms with Gasteiger partial charge in [-0.2, -0.15) is 4.98 Å². The van der Waals surface area contributed by atoms with Crippen molar-refractivity contribution in [3.05, 3.63) is 47.2 Å². The van der Waals surface area contributed by atoms with Crippen molar-refractivity contribution in [3.8, 4) is 0 Å². The van der Waals surface area contributed by atoms with Crippen LogP contribution in [0.15, 0.2) is 28.9 Å². The van der Waals surface area contributed by atoms with Gasteiger partial charge < -0.3 is 14.6 Å². The highest BCUT2D eigenvalue weighted by Gasteiger charge is 2.28. The van der Waals surface area contributed by atoms with Crippen LogP contribution in [-0.2, 0) is 11.3 Å². The van der Waals surface area contributed by atoms with Crippen molar-refractivity contribution in [2.75, 3.05) is 18.0 Å². The van der Waals surface area contributed by atoms with Crippen LogP contribution in [0.25, 0.3) is 11.1 Å². The molecule has 7 heteroatoms. The van der Waals surface area contributed by atoms with Gasteiger partial charge in [-0.15, -0.1) is 0 Å². The third kappa shape index (κ3) is 3.56. The highest BCUT2D eigenvalue weighted by atomic mass is 16.3. The van der Waals surface area contributed by atoms with E-state index in [0.29, 0.717) is 18.1 Å². The molecular formula is C21H25N5O2. The van der Waals surface area contributed by atoms with Crippen LogP contribution in [0.2, 0.25) is 0 Å². The lowest BCUT2D eigenvalue weighted by atomic mass is 9.95. The van der Waals surface area contributed by atoms with Gasteiger partial charge in [0.1, 0.15) is 17.4 Å². The molecule has 0 bridgehead atoms. The van der Waals surface area contributed by atoms with Gasteiger partial charge in [0, 0.05) is 43.5 Å². The molecule has 0 radical (unpaired) electrons. The van der Waals surface area contributed by atoms with Crippen LogP contribution < -0.4 is 10.2 Å². The zero-order valence-electron chi connectivity index (χ0n) is 16.5. The number of hydrogen-bond donors (Lipinski definition) is 1. The first-order chi connectivity index (χ1) is 13.5. The van der Waals surface area contributed by atoms with E-state index in [1.54, 1.807) is 12.4 Å². The highest BCUT2D eigenvalue weighted by Crippen LogP contribution is 2.33. The molecule has 0 unspecified atom stereocenters. The molecule has 4 heterocycles. The number of rotatable bonds is 4. The lowest BCUT2D eigenvalue weighted by Gasteiger charge is -2.32. The predicted octanol–water partition coefficient (Wildman–Crippen LogP) is 3.08. The first-order valence-electron chi connectivity index (χ1n) is 9.69. The topological polar surface area (TPSA) is 84.2 Å². The Morgan fingerprint density at radius 3 is 2.75 bits per heavy atom. The molecule has 0 aliphatic carbocycles. The van der Waals surface area contributed by atoms with Crippen LogP contribution >= 0.6 is 0 Å². The van der Waals surface area contributed by atoms with Gasteiger partial charge in [0.2, 0.25) is 11.6 Å². The van der Waals surface area contributed by atoms with E-state index in [1.165, 1.54) is 0 Å². The van der Waals surface area contributed by atoms with Gasteiger partial charge in [-0.05, 0) is 45.2 Å². The van der Waals surface area contributed by atoms with Crippen LogP contribution in [0, 0.1) is 26.7 Å². The summed E-state index contributed by atoms with van der Waals surface area (Å²) in [6, 6.07) is 3.85. The molecule has 1 saturated heterocycles. The number of anilines is 1. The molecule has 1 aliphatic rings. The van der Waals surface area contributed by atoms with Crippen LogP contribution in [0.4, 0.5) is 5.82 Å². The lowest BCUT2D eigenvalue weighted by molar-refractivity contribution is -0.125. The molecule has 1 N–H and O–H groups in total. The maximum atomic E-state index is 12.5. The summed E-state index contributed by atoms with van der Waals surface area (Å²) < 4.78 is 5.80. The number of carbonyl (C=O) groups is 1. The van der Waals surface area contributed by atoms with E-state index in [1.807, 2.05) is 32.9 Å². The number of piperidine rings is 1. The van der Waals surface area contributed by atoms with Crippen molar-refractivity contribution in [3.63, 3.8) is 0 Å². The number of aromatic nitrogens is 3. The Hall–Kier alpha value is -2.96. The fourth-order valence-corrected chi connectivity index (χ4v) is 3.75. The van der Waals surface area contributed by atoms with Gasteiger partial charge >= 0.3 is 0 Å². The molecule has 0 saturated carbocycles. The lowest BCUT2D eigenvalue weighted by Crippen LogP contribution is -2.40. The van der Waals surface area contributed by atoms with Crippen LogP contribution in [0.5, 0.6) is 0 Å².